The zero-order chi connectivity index (χ0) is 25.4. The molecule has 0 saturated carbocycles. The number of amides is 1. The van der Waals surface area contributed by atoms with Crippen LogP contribution in [0, 0.1) is 0 Å². The van der Waals surface area contributed by atoms with Crippen molar-refractivity contribution < 1.29 is 14.3 Å². The number of hydrogen-bond acceptors (Lipinski definition) is 6. The molecule has 6 rings (SSSR count). The number of para-hydroxylation sites is 1. The van der Waals surface area contributed by atoms with Gasteiger partial charge in [-0.3, -0.25) is 19.1 Å². The predicted molar refractivity (Wildman–Crippen MR) is 138 cm³/mol. The fourth-order valence-corrected chi connectivity index (χ4v) is 4.87. The summed E-state index contributed by atoms with van der Waals surface area (Å²) in [6, 6.07) is 20.1. The Morgan fingerprint density at radius 3 is 2.35 bits per heavy atom. The van der Waals surface area contributed by atoms with E-state index < -0.39 is 5.69 Å². The van der Waals surface area contributed by atoms with Gasteiger partial charge in [-0.15, -0.1) is 0 Å². The first-order valence-electron chi connectivity index (χ1n) is 12.3. The second kappa shape index (κ2) is 9.59. The van der Waals surface area contributed by atoms with E-state index in [0.717, 1.165) is 42.3 Å². The molecule has 3 heterocycles. The van der Waals surface area contributed by atoms with Gasteiger partial charge in [-0.1, -0.05) is 30.3 Å². The molecule has 1 N–H and O–H groups in total. The molecule has 1 amide bonds. The van der Waals surface area contributed by atoms with Gasteiger partial charge in [0.1, 0.15) is 0 Å². The van der Waals surface area contributed by atoms with Crippen molar-refractivity contribution in [2.75, 3.05) is 33.0 Å². The number of carbonyl (C=O) groups excluding carboxylic acids is 1. The molecule has 2 aliphatic heterocycles. The summed E-state index contributed by atoms with van der Waals surface area (Å²) < 4.78 is 12.0. The number of carbonyl (C=O) groups is 1. The van der Waals surface area contributed by atoms with Crippen LogP contribution in [0.2, 0.25) is 0 Å². The van der Waals surface area contributed by atoms with Gasteiger partial charge in [-0.25, -0.2) is 4.79 Å². The van der Waals surface area contributed by atoms with Crippen LogP contribution < -0.4 is 20.7 Å². The molecule has 1 saturated heterocycles. The second-order valence-corrected chi connectivity index (χ2v) is 9.32. The first-order valence-corrected chi connectivity index (χ1v) is 12.3. The number of hydrogen-bond donors (Lipinski definition) is 1. The fraction of sp³-hybridized carbons (Fsp3) is 0.250. The number of nitrogens with zero attached hydrogens (tertiary/aromatic N) is 3. The highest BCUT2D eigenvalue weighted by molar-refractivity contribution is 5.94. The highest BCUT2D eigenvalue weighted by Gasteiger charge is 2.23. The quantitative estimate of drug-likeness (QED) is 0.454. The molecule has 0 aliphatic carbocycles. The van der Waals surface area contributed by atoms with Crippen LogP contribution in [-0.2, 0) is 13.1 Å². The number of fused-ring (bicyclic) bond motifs is 2. The number of H-pyrrole nitrogens is 1. The Morgan fingerprint density at radius 2 is 1.54 bits per heavy atom. The van der Waals surface area contributed by atoms with Crippen molar-refractivity contribution in [1.29, 1.82) is 0 Å². The molecule has 4 aromatic rings. The van der Waals surface area contributed by atoms with Crippen molar-refractivity contribution in [3.8, 4) is 11.5 Å². The van der Waals surface area contributed by atoms with E-state index in [4.69, 9.17) is 9.47 Å². The summed E-state index contributed by atoms with van der Waals surface area (Å²) in [4.78, 5) is 45.3. The van der Waals surface area contributed by atoms with Gasteiger partial charge in [0.15, 0.2) is 11.5 Å². The second-order valence-electron chi connectivity index (χ2n) is 9.32. The molecule has 0 atom stereocenters. The van der Waals surface area contributed by atoms with Gasteiger partial charge in [0.25, 0.3) is 11.5 Å². The lowest BCUT2D eigenvalue weighted by Crippen LogP contribution is -2.48. The van der Waals surface area contributed by atoms with Gasteiger partial charge in [0.2, 0.25) is 6.79 Å². The Labute approximate surface area is 212 Å². The minimum absolute atomic E-state index is 0.0185. The molecular formula is C28H26N4O5. The summed E-state index contributed by atoms with van der Waals surface area (Å²) >= 11 is 0. The molecule has 37 heavy (non-hydrogen) atoms. The number of rotatable bonds is 5. The lowest BCUT2D eigenvalue weighted by Gasteiger charge is -2.34. The molecule has 9 nitrogen and oxygen atoms in total. The van der Waals surface area contributed by atoms with Gasteiger partial charge in [0, 0.05) is 38.3 Å². The maximum atomic E-state index is 13.1. The van der Waals surface area contributed by atoms with Crippen LogP contribution >= 0.6 is 0 Å². The number of nitrogens with one attached hydrogen (secondary N) is 1. The zero-order valence-electron chi connectivity index (χ0n) is 20.2. The van der Waals surface area contributed by atoms with Crippen LogP contribution in [0.1, 0.15) is 21.5 Å². The Morgan fingerprint density at radius 1 is 0.811 bits per heavy atom. The molecule has 9 heteroatoms. The molecule has 0 unspecified atom stereocenters. The summed E-state index contributed by atoms with van der Waals surface area (Å²) in [7, 11) is 0. The van der Waals surface area contributed by atoms with E-state index >= 15 is 0 Å². The summed E-state index contributed by atoms with van der Waals surface area (Å²) in [5, 5.41) is 0.464. The summed E-state index contributed by atoms with van der Waals surface area (Å²) in [5.41, 5.74) is 2.25. The molecule has 0 radical (unpaired) electrons. The van der Waals surface area contributed by atoms with Crippen LogP contribution in [-0.4, -0.2) is 58.2 Å². The first kappa shape index (κ1) is 23.1. The SMILES string of the molecule is O=C(c1ccc(Cn2c(=O)[nH]c3ccccc3c2=O)cc1)N1CCN(Cc2ccc3c(c2)OCO3)CC1. The molecule has 1 aromatic heterocycles. The van der Waals surface area contributed by atoms with Gasteiger partial charge in [-0.05, 0) is 47.5 Å². The lowest BCUT2D eigenvalue weighted by molar-refractivity contribution is 0.0628. The largest absolute Gasteiger partial charge is 0.454 e. The third-order valence-corrected chi connectivity index (χ3v) is 6.93. The smallest absolute Gasteiger partial charge is 0.329 e. The van der Waals surface area contributed by atoms with Gasteiger partial charge < -0.3 is 19.4 Å². The minimum atomic E-state index is -0.456. The normalized spacial score (nSPS) is 15.3. The Kier molecular flexibility index (Phi) is 5.97. The molecule has 3 aromatic carbocycles. The van der Waals surface area contributed by atoms with E-state index in [0.29, 0.717) is 29.6 Å². The average Bonchev–Trinajstić information content (AvgIpc) is 3.39. The van der Waals surface area contributed by atoms with Gasteiger partial charge >= 0.3 is 5.69 Å². The van der Waals surface area contributed by atoms with Gasteiger partial charge in [0.05, 0.1) is 17.4 Å². The lowest BCUT2D eigenvalue weighted by atomic mass is 10.1. The fourth-order valence-electron chi connectivity index (χ4n) is 4.87. The van der Waals surface area contributed by atoms with Crippen LogP contribution in [0.5, 0.6) is 11.5 Å². The molecular weight excluding hydrogens is 472 g/mol. The van der Waals surface area contributed by atoms with E-state index in [9.17, 15) is 14.4 Å². The van der Waals surface area contributed by atoms with Crippen LogP contribution in [0.4, 0.5) is 0 Å². The third kappa shape index (κ3) is 4.61. The van der Waals surface area contributed by atoms with Crippen LogP contribution in [0.15, 0.2) is 76.3 Å². The molecule has 0 bridgehead atoms. The highest BCUT2D eigenvalue weighted by atomic mass is 16.7. The van der Waals surface area contributed by atoms with Crippen molar-refractivity contribution in [3.05, 3.63) is 104 Å². The first-order chi connectivity index (χ1) is 18.0. The molecule has 1 fully saturated rings. The number of benzene rings is 3. The minimum Gasteiger partial charge on any atom is -0.454 e. The molecule has 188 valence electrons. The van der Waals surface area contributed by atoms with E-state index in [1.807, 2.05) is 23.1 Å². The Balaban J connectivity index is 1.08. The Hall–Kier alpha value is -4.37. The van der Waals surface area contributed by atoms with E-state index in [-0.39, 0.29) is 24.8 Å². The average molecular weight is 499 g/mol. The third-order valence-electron chi connectivity index (χ3n) is 6.93. The number of aromatic amines is 1. The number of aromatic nitrogens is 2. The van der Waals surface area contributed by atoms with E-state index in [1.54, 1.807) is 48.5 Å². The number of piperazine rings is 1. The maximum absolute atomic E-state index is 13.1. The maximum Gasteiger partial charge on any atom is 0.329 e. The summed E-state index contributed by atoms with van der Waals surface area (Å²) in [5.74, 6) is 1.54. The Bertz CT molecular complexity index is 1580. The van der Waals surface area contributed by atoms with Crippen molar-refractivity contribution in [2.24, 2.45) is 0 Å². The summed E-state index contributed by atoms with van der Waals surface area (Å²) in [6.45, 7) is 4.05. The molecule has 0 spiro atoms. The predicted octanol–water partition coefficient (Wildman–Crippen LogP) is 2.42. The van der Waals surface area contributed by atoms with E-state index in [1.165, 1.54) is 4.57 Å². The van der Waals surface area contributed by atoms with Crippen molar-refractivity contribution in [2.45, 2.75) is 13.1 Å². The van der Waals surface area contributed by atoms with Crippen LogP contribution in [0.25, 0.3) is 10.9 Å². The summed E-state index contributed by atoms with van der Waals surface area (Å²) in [6.07, 6.45) is 0. The van der Waals surface area contributed by atoms with Crippen LogP contribution in [0.3, 0.4) is 0 Å². The topological polar surface area (TPSA) is 96.9 Å². The molecule has 2 aliphatic rings. The number of ether oxygens (including phenoxy) is 2. The standard InChI is InChI=1S/C28H26N4O5/c33-26(31-13-11-30(12-14-31)16-20-7-10-24-25(15-20)37-18-36-24)21-8-5-19(6-9-21)17-32-27(34)22-3-1-2-4-23(22)29-28(32)35/h1-10,15H,11-14,16-18H2,(H,29,35). The monoisotopic (exact) mass is 498 g/mol. The highest BCUT2D eigenvalue weighted by Crippen LogP contribution is 2.32. The van der Waals surface area contributed by atoms with E-state index in [2.05, 4.69) is 9.88 Å². The van der Waals surface area contributed by atoms with Gasteiger partial charge in [-0.2, -0.15) is 0 Å². The zero-order valence-corrected chi connectivity index (χ0v) is 20.2. The van der Waals surface area contributed by atoms with Crippen molar-refractivity contribution >= 4 is 16.8 Å². The van der Waals surface area contributed by atoms with Crippen molar-refractivity contribution in [1.82, 2.24) is 19.4 Å². The van der Waals surface area contributed by atoms with Crippen molar-refractivity contribution in [3.63, 3.8) is 0 Å².